The van der Waals surface area contributed by atoms with Crippen molar-refractivity contribution in [1.82, 2.24) is 10.0 Å². The largest absolute Gasteiger partial charge is 0.351 e. The Morgan fingerprint density at radius 3 is 2.37 bits per heavy atom. The van der Waals surface area contributed by atoms with Gasteiger partial charge in [-0.2, -0.15) is 4.72 Å². The highest BCUT2D eigenvalue weighted by molar-refractivity contribution is 7.89. The molecule has 146 valence electrons. The number of amides is 1. The van der Waals surface area contributed by atoms with Gasteiger partial charge in [-0.25, -0.2) is 12.8 Å². The van der Waals surface area contributed by atoms with Gasteiger partial charge in [-0.05, 0) is 49.1 Å². The van der Waals surface area contributed by atoms with E-state index in [1.165, 1.54) is 24.3 Å². The maximum atomic E-state index is 13.3. The molecule has 0 aromatic heterocycles. The third-order valence-corrected chi connectivity index (χ3v) is 5.50. The highest BCUT2D eigenvalue weighted by Crippen LogP contribution is 2.14. The second-order valence-electron chi connectivity index (χ2n) is 6.96. The van der Waals surface area contributed by atoms with E-state index in [0.29, 0.717) is 12.0 Å². The minimum atomic E-state index is -3.83. The number of nitrogens with one attached hydrogen (secondary N) is 2. The molecule has 1 unspecified atom stereocenters. The van der Waals surface area contributed by atoms with Crippen molar-refractivity contribution in [3.8, 4) is 0 Å². The van der Waals surface area contributed by atoms with Crippen LogP contribution in [0.4, 0.5) is 4.39 Å². The van der Waals surface area contributed by atoms with Gasteiger partial charge in [0.2, 0.25) is 15.9 Å². The summed E-state index contributed by atoms with van der Waals surface area (Å²) >= 11 is 0. The molecular formula is C20H25FN2O3S. The summed E-state index contributed by atoms with van der Waals surface area (Å²) in [6, 6.07) is 11.4. The second kappa shape index (κ2) is 9.10. The topological polar surface area (TPSA) is 75.3 Å². The van der Waals surface area contributed by atoms with Gasteiger partial charge in [0.15, 0.2) is 0 Å². The lowest BCUT2D eigenvalue weighted by molar-refractivity contribution is -0.123. The third kappa shape index (κ3) is 6.45. The van der Waals surface area contributed by atoms with Crippen LogP contribution in [0.3, 0.4) is 0 Å². The molecule has 2 aromatic carbocycles. The lowest BCUT2D eigenvalue weighted by Gasteiger charge is -2.20. The van der Waals surface area contributed by atoms with Gasteiger partial charge in [-0.15, -0.1) is 0 Å². The molecule has 0 bridgehead atoms. The van der Waals surface area contributed by atoms with Gasteiger partial charge in [-0.1, -0.05) is 43.7 Å². The van der Waals surface area contributed by atoms with E-state index in [9.17, 15) is 17.6 Å². The van der Waals surface area contributed by atoms with Crippen LogP contribution in [0.25, 0.3) is 0 Å². The number of aryl methyl sites for hydroxylation is 1. The Morgan fingerprint density at radius 1 is 1.11 bits per heavy atom. The summed E-state index contributed by atoms with van der Waals surface area (Å²) in [5.74, 6) is -0.722. The van der Waals surface area contributed by atoms with E-state index < -0.39 is 22.0 Å². The number of benzene rings is 2. The molecule has 1 amide bonds. The smallest absolute Gasteiger partial charge is 0.241 e. The fourth-order valence-electron chi connectivity index (χ4n) is 2.61. The van der Waals surface area contributed by atoms with Crippen molar-refractivity contribution in [2.45, 2.75) is 44.7 Å². The predicted octanol–water partition coefficient (Wildman–Crippen LogP) is 3.14. The SMILES string of the molecule is Cc1ccc(S(=O)(=O)NC(CC(C)C)C(=O)NCc2cccc(F)c2)cc1. The molecule has 0 aliphatic carbocycles. The number of sulfonamides is 1. The number of halogens is 1. The lowest BCUT2D eigenvalue weighted by Crippen LogP contribution is -2.47. The zero-order valence-corrected chi connectivity index (χ0v) is 16.5. The first-order valence-electron chi connectivity index (χ1n) is 8.78. The molecule has 2 aromatic rings. The summed E-state index contributed by atoms with van der Waals surface area (Å²) in [6.45, 7) is 5.81. The van der Waals surface area contributed by atoms with Crippen LogP contribution >= 0.6 is 0 Å². The summed E-state index contributed by atoms with van der Waals surface area (Å²) in [5, 5.41) is 2.68. The van der Waals surface area contributed by atoms with Crippen molar-refractivity contribution < 1.29 is 17.6 Å². The minimum absolute atomic E-state index is 0.107. The average Bonchev–Trinajstić information content (AvgIpc) is 2.59. The van der Waals surface area contributed by atoms with Crippen LogP contribution in [-0.2, 0) is 21.4 Å². The molecule has 0 heterocycles. The zero-order valence-electron chi connectivity index (χ0n) is 15.7. The molecule has 0 fully saturated rings. The standard InChI is InChI=1S/C20H25FN2O3S/c1-14(2)11-19(20(24)22-13-16-5-4-6-17(21)12-16)23-27(25,26)18-9-7-15(3)8-10-18/h4-10,12,14,19,23H,11,13H2,1-3H3,(H,22,24). The molecule has 5 nitrogen and oxygen atoms in total. The van der Waals surface area contributed by atoms with E-state index in [2.05, 4.69) is 10.0 Å². The molecule has 7 heteroatoms. The second-order valence-corrected chi connectivity index (χ2v) is 8.68. The number of rotatable bonds is 8. The molecule has 0 aliphatic heterocycles. The van der Waals surface area contributed by atoms with Gasteiger partial charge < -0.3 is 5.32 Å². The van der Waals surface area contributed by atoms with Crippen LogP contribution in [0.5, 0.6) is 0 Å². The van der Waals surface area contributed by atoms with Gasteiger partial charge in [-0.3, -0.25) is 4.79 Å². The number of hydrogen-bond acceptors (Lipinski definition) is 3. The van der Waals surface area contributed by atoms with Crippen molar-refractivity contribution in [3.05, 3.63) is 65.5 Å². The molecule has 1 atom stereocenters. The Kier molecular flexibility index (Phi) is 7.10. The molecular weight excluding hydrogens is 367 g/mol. The Bertz CT molecular complexity index is 880. The van der Waals surface area contributed by atoms with Crippen molar-refractivity contribution in [3.63, 3.8) is 0 Å². The maximum Gasteiger partial charge on any atom is 0.241 e. The first-order valence-corrected chi connectivity index (χ1v) is 10.3. The highest BCUT2D eigenvalue weighted by Gasteiger charge is 2.26. The fourth-order valence-corrected chi connectivity index (χ4v) is 3.82. The Morgan fingerprint density at radius 2 is 1.78 bits per heavy atom. The van der Waals surface area contributed by atoms with Crippen molar-refractivity contribution >= 4 is 15.9 Å². The van der Waals surface area contributed by atoms with Crippen LogP contribution in [0.1, 0.15) is 31.4 Å². The van der Waals surface area contributed by atoms with Crippen LogP contribution in [-0.4, -0.2) is 20.4 Å². The lowest BCUT2D eigenvalue weighted by atomic mass is 10.0. The predicted molar refractivity (Wildman–Crippen MR) is 103 cm³/mol. The maximum absolute atomic E-state index is 13.3. The number of carbonyl (C=O) groups excluding carboxylic acids is 1. The average molecular weight is 392 g/mol. The highest BCUT2D eigenvalue weighted by atomic mass is 32.2. The van der Waals surface area contributed by atoms with E-state index in [-0.39, 0.29) is 23.2 Å². The van der Waals surface area contributed by atoms with E-state index in [1.807, 2.05) is 20.8 Å². The molecule has 0 aliphatic rings. The molecule has 2 rings (SSSR count). The summed E-state index contributed by atoms with van der Waals surface area (Å²) in [6.07, 6.45) is 0.347. The quantitative estimate of drug-likeness (QED) is 0.725. The number of hydrogen-bond donors (Lipinski definition) is 2. The first-order chi connectivity index (χ1) is 12.7. The minimum Gasteiger partial charge on any atom is -0.351 e. The van der Waals surface area contributed by atoms with Crippen LogP contribution < -0.4 is 10.0 Å². The Hall–Kier alpha value is -2.25. The molecule has 0 spiro atoms. The summed E-state index contributed by atoms with van der Waals surface area (Å²) < 4.78 is 41.0. The zero-order chi connectivity index (χ0) is 20.0. The molecule has 0 saturated carbocycles. The summed E-state index contributed by atoms with van der Waals surface area (Å²) in [5.41, 5.74) is 1.55. The molecule has 0 radical (unpaired) electrons. The van der Waals surface area contributed by atoms with Gasteiger partial charge in [0, 0.05) is 6.54 Å². The van der Waals surface area contributed by atoms with E-state index in [1.54, 1.807) is 24.3 Å². The van der Waals surface area contributed by atoms with Gasteiger partial charge in [0.1, 0.15) is 11.9 Å². The Balaban J connectivity index is 2.11. The fraction of sp³-hybridized carbons (Fsp3) is 0.350. The van der Waals surface area contributed by atoms with E-state index >= 15 is 0 Å². The first kappa shape index (κ1) is 21.1. The van der Waals surface area contributed by atoms with Crippen LogP contribution in [0, 0.1) is 18.7 Å². The molecule has 27 heavy (non-hydrogen) atoms. The molecule has 2 N–H and O–H groups in total. The van der Waals surface area contributed by atoms with Crippen LogP contribution in [0.15, 0.2) is 53.4 Å². The van der Waals surface area contributed by atoms with Crippen molar-refractivity contribution in [1.29, 1.82) is 0 Å². The number of carbonyl (C=O) groups is 1. The monoisotopic (exact) mass is 392 g/mol. The Labute approximate surface area is 160 Å². The normalized spacial score (nSPS) is 12.8. The van der Waals surface area contributed by atoms with Crippen molar-refractivity contribution in [2.24, 2.45) is 5.92 Å². The van der Waals surface area contributed by atoms with Gasteiger partial charge >= 0.3 is 0 Å². The van der Waals surface area contributed by atoms with Crippen molar-refractivity contribution in [2.75, 3.05) is 0 Å². The summed E-state index contributed by atoms with van der Waals surface area (Å²) in [7, 11) is -3.83. The van der Waals surface area contributed by atoms with Gasteiger partial charge in [0.05, 0.1) is 4.90 Å². The van der Waals surface area contributed by atoms with Crippen LogP contribution in [0.2, 0.25) is 0 Å². The summed E-state index contributed by atoms with van der Waals surface area (Å²) in [4.78, 5) is 12.7. The molecule has 0 saturated heterocycles. The van der Waals surface area contributed by atoms with Gasteiger partial charge in [0.25, 0.3) is 0 Å². The third-order valence-electron chi connectivity index (χ3n) is 4.01. The van der Waals surface area contributed by atoms with E-state index in [4.69, 9.17) is 0 Å². The van der Waals surface area contributed by atoms with E-state index in [0.717, 1.165) is 5.56 Å².